The summed E-state index contributed by atoms with van der Waals surface area (Å²) in [6, 6.07) is 3.73. The number of amides is 3. The first kappa shape index (κ1) is 23.6. The molecule has 0 heterocycles. The first-order chi connectivity index (χ1) is 15.5. The van der Waals surface area contributed by atoms with Crippen LogP contribution >= 0.6 is 0 Å². The Hall–Kier alpha value is -2.58. The second-order valence-electron chi connectivity index (χ2n) is 10.1. The molecule has 4 aliphatic carbocycles. The van der Waals surface area contributed by atoms with Crippen molar-refractivity contribution in [3.8, 4) is 0 Å². The van der Waals surface area contributed by atoms with Crippen molar-refractivity contribution in [2.45, 2.75) is 70.5 Å². The highest BCUT2D eigenvalue weighted by atomic mass is 19.4. The van der Waals surface area contributed by atoms with Crippen LogP contribution in [0.4, 0.5) is 13.2 Å². The monoisotopic (exact) mass is 465 g/mol. The molecule has 3 amide bonds. The van der Waals surface area contributed by atoms with Crippen LogP contribution in [0, 0.1) is 23.2 Å². The SMILES string of the molecule is CC(NC(=O)CCC(=O)NNC(=O)c1ccc(C(F)(F)F)cc1)C12CC3CC(CC(C3)C1)C2. The van der Waals surface area contributed by atoms with E-state index in [9.17, 15) is 27.6 Å². The average Bonchev–Trinajstić information content (AvgIpc) is 2.74. The number of nitrogens with one attached hydrogen (secondary N) is 3. The van der Waals surface area contributed by atoms with E-state index < -0.39 is 23.6 Å². The second kappa shape index (κ2) is 8.99. The molecule has 0 saturated heterocycles. The zero-order chi connectivity index (χ0) is 23.8. The summed E-state index contributed by atoms with van der Waals surface area (Å²) in [6.07, 6.45) is 2.93. The smallest absolute Gasteiger partial charge is 0.353 e. The molecule has 4 bridgehead atoms. The maximum Gasteiger partial charge on any atom is 0.416 e. The van der Waals surface area contributed by atoms with Crippen molar-refractivity contribution >= 4 is 17.7 Å². The molecule has 1 aromatic carbocycles. The van der Waals surface area contributed by atoms with Gasteiger partial charge in [0.05, 0.1) is 5.56 Å². The van der Waals surface area contributed by atoms with E-state index in [1.165, 1.54) is 38.5 Å². The number of alkyl halides is 3. The maximum absolute atomic E-state index is 12.6. The summed E-state index contributed by atoms with van der Waals surface area (Å²) >= 11 is 0. The molecular weight excluding hydrogens is 435 g/mol. The largest absolute Gasteiger partial charge is 0.416 e. The molecule has 3 N–H and O–H groups in total. The van der Waals surface area contributed by atoms with Crippen molar-refractivity contribution in [1.29, 1.82) is 0 Å². The zero-order valence-electron chi connectivity index (χ0n) is 18.6. The van der Waals surface area contributed by atoms with E-state index >= 15 is 0 Å². The molecule has 4 saturated carbocycles. The normalized spacial score (nSPS) is 28.8. The van der Waals surface area contributed by atoms with Gasteiger partial charge >= 0.3 is 6.18 Å². The van der Waals surface area contributed by atoms with Gasteiger partial charge in [0.25, 0.3) is 5.91 Å². The molecule has 180 valence electrons. The molecule has 0 spiro atoms. The van der Waals surface area contributed by atoms with Gasteiger partial charge in [-0.2, -0.15) is 13.2 Å². The Morgan fingerprint density at radius 1 is 0.909 bits per heavy atom. The predicted molar refractivity (Wildman–Crippen MR) is 114 cm³/mol. The second-order valence-corrected chi connectivity index (χ2v) is 10.1. The number of benzene rings is 1. The van der Waals surface area contributed by atoms with Gasteiger partial charge in [0.2, 0.25) is 11.8 Å². The third kappa shape index (κ3) is 5.33. The van der Waals surface area contributed by atoms with Gasteiger partial charge in [0.1, 0.15) is 0 Å². The number of hydrogen-bond donors (Lipinski definition) is 3. The summed E-state index contributed by atoms with van der Waals surface area (Å²) in [5, 5.41) is 3.10. The fraction of sp³-hybridized carbons (Fsp3) is 0.625. The van der Waals surface area contributed by atoms with E-state index in [4.69, 9.17) is 0 Å². The Morgan fingerprint density at radius 3 is 1.94 bits per heavy atom. The van der Waals surface area contributed by atoms with E-state index in [0.717, 1.165) is 42.0 Å². The van der Waals surface area contributed by atoms with E-state index in [1.807, 2.05) is 0 Å². The molecule has 1 atom stereocenters. The van der Waals surface area contributed by atoms with Crippen molar-refractivity contribution in [3.05, 3.63) is 35.4 Å². The van der Waals surface area contributed by atoms with E-state index in [-0.39, 0.29) is 35.8 Å². The molecule has 6 nitrogen and oxygen atoms in total. The summed E-state index contributed by atoms with van der Waals surface area (Å²) < 4.78 is 37.8. The average molecular weight is 466 g/mol. The summed E-state index contributed by atoms with van der Waals surface area (Å²) in [6.45, 7) is 2.08. The maximum atomic E-state index is 12.6. The summed E-state index contributed by atoms with van der Waals surface area (Å²) in [5.74, 6) is 0.881. The lowest BCUT2D eigenvalue weighted by molar-refractivity contribution is -0.137. The lowest BCUT2D eigenvalue weighted by Gasteiger charge is -2.59. The van der Waals surface area contributed by atoms with Gasteiger partial charge in [0.15, 0.2) is 0 Å². The highest BCUT2D eigenvalue weighted by molar-refractivity contribution is 5.95. The third-order valence-corrected chi connectivity index (χ3v) is 7.75. The highest BCUT2D eigenvalue weighted by Crippen LogP contribution is 2.61. The molecule has 0 radical (unpaired) electrons. The summed E-state index contributed by atoms with van der Waals surface area (Å²) in [7, 11) is 0. The molecule has 0 aliphatic heterocycles. The van der Waals surface area contributed by atoms with Crippen LogP contribution in [-0.2, 0) is 15.8 Å². The number of carbonyl (C=O) groups is 3. The highest BCUT2D eigenvalue weighted by Gasteiger charge is 2.53. The van der Waals surface area contributed by atoms with Crippen LogP contribution < -0.4 is 16.2 Å². The Balaban J connectivity index is 1.19. The quantitative estimate of drug-likeness (QED) is 0.556. The van der Waals surface area contributed by atoms with E-state index in [1.54, 1.807) is 0 Å². The Morgan fingerprint density at radius 2 is 1.42 bits per heavy atom. The van der Waals surface area contributed by atoms with Gasteiger partial charge in [-0.15, -0.1) is 0 Å². The van der Waals surface area contributed by atoms with E-state index in [0.29, 0.717) is 0 Å². The van der Waals surface area contributed by atoms with Crippen LogP contribution in [-0.4, -0.2) is 23.8 Å². The van der Waals surface area contributed by atoms with Crippen LogP contribution in [0.25, 0.3) is 0 Å². The van der Waals surface area contributed by atoms with Crippen LogP contribution in [0.2, 0.25) is 0 Å². The van der Waals surface area contributed by atoms with Crippen molar-refractivity contribution in [3.63, 3.8) is 0 Å². The van der Waals surface area contributed by atoms with Gasteiger partial charge in [0, 0.05) is 24.4 Å². The molecular formula is C24H30F3N3O3. The minimum Gasteiger partial charge on any atom is -0.353 e. The molecule has 1 aromatic rings. The van der Waals surface area contributed by atoms with Gasteiger partial charge in [-0.3, -0.25) is 25.2 Å². The lowest BCUT2D eigenvalue weighted by atomic mass is 9.48. The van der Waals surface area contributed by atoms with Gasteiger partial charge in [-0.1, -0.05) is 0 Å². The molecule has 1 unspecified atom stereocenters. The standard InChI is InChI=1S/C24H30F3N3O3/c1-14(23-11-15-8-16(12-23)10-17(9-15)13-23)28-20(31)6-7-21(32)29-30-22(33)18-2-4-19(5-3-18)24(25,26)27/h2-5,14-17H,6-13H2,1H3,(H,28,31)(H,29,32)(H,30,33). The zero-order valence-corrected chi connectivity index (χ0v) is 18.6. The Kier molecular flexibility index (Phi) is 6.42. The minimum absolute atomic E-state index is 0.00130. The van der Waals surface area contributed by atoms with Crippen LogP contribution in [0.3, 0.4) is 0 Å². The molecule has 4 fully saturated rings. The molecule has 4 aliphatic rings. The Labute approximate surface area is 191 Å². The van der Waals surface area contributed by atoms with Crippen molar-refractivity contribution in [1.82, 2.24) is 16.2 Å². The number of hydrogen-bond acceptors (Lipinski definition) is 3. The first-order valence-corrected chi connectivity index (χ1v) is 11.6. The number of rotatable bonds is 6. The number of halogens is 3. The fourth-order valence-corrected chi connectivity index (χ4v) is 6.47. The van der Waals surface area contributed by atoms with Crippen molar-refractivity contribution in [2.75, 3.05) is 0 Å². The topological polar surface area (TPSA) is 87.3 Å². The van der Waals surface area contributed by atoms with Gasteiger partial charge < -0.3 is 5.32 Å². The first-order valence-electron chi connectivity index (χ1n) is 11.6. The number of hydrazine groups is 1. The van der Waals surface area contributed by atoms with Crippen molar-refractivity contribution in [2.24, 2.45) is 23.2 Å². The predicted octanol–water partition coefficient (Wildman–Crippen LogP) is 3.97. The fourth-order valence-electron chi connectivity index (χ4n) is 6.47. The Bertz CT molecular complexity index is 878. The van der Waals surface area contributed by atoms with Crippen molar-refractivity contribution < 1.29 is 27.6 Å². The molecule has 33 heavy (non-hydrogen) atoms. The van der Waals surface area contributed by atoms with E-state index in [2.05, 4.69) is 23.1 Å². The minimum atomic E-state index is -4.49. The summed E-state index contributed by atoms with van der Waals surface area (Å²) in [4.78, 5) is 36.5. The lowest BCUT2D eigenvalue weighted by Crippen LogP contribution is -2.55. The van der Waals surface area contributed by atoms with Crippen LogP contribution in [0.1, 0.15) is 74.2 Å². The third-order valence-electron chi connectivity index (χ3n) is 7.75. The molecule has 9 heteroatoms. The molecule has 5 rings (SSSR count). The van der Waals surface area contributed by atoms with Crippen LogP contribution in [0.5, 0.6) is 0 Å². The molecule has 0 aromatic heterocycles. The van der Waals surface area contributed by atoms with Gasteiger partial charge in [-0.05, 0) is 92.9 Å². The number of carbonyl (C=O) groups excluding carboxylic acids is 3. The summed E-state index contributed by atoms with van der Waals surface area (Å²) in [5.41, 5.74) is 3.66. The van der Waals surface area contributed by atoms with Crippen LogP contribution in [0.15, 0.2) is 24.3 Å². The van der Waals surface area contributed by atoms with Gasteiger partial charge in [-0.25, -0.2) is 0 Å².